The van der Waals surface area contributed by atoms with Crippen molar-refractivity contribution in [2.24, 2.45) is 0 Å². The second kappa shape index (κ2) is 8.30. The summed E-state index contributed by atoms with van der Waals surface area (Å²) in [6.07, 6.45) is 5.65. The Morgan fingerprint density at radius 1 is 1.20 bits per heavy atom. The number of hydrogen-bond acceptors (Lipinski definition) is 2. The molecular formula is C15H20FNO3. The molecule has 0 heterocycles. The predicted molar refractivity (Wildman–Crippen MR) is 75.4 cm³/mol. The highest BCUT2D eigenvalue weighted by atomic mass is 19.1. The summed E-state index contributed by atoms with van der Waals surface area (Å²) in [5.41, 5.74) is -0.117. The zero-order chi connectivity index (χ0) is 15.0. The standard InChI is InChI=1S/C15H20FNO3/c1-2-3-4-5-6-7-14(18)17-11-8-9-12(15(19)20)13(16)10-11/h8-10H,2-7H2,1H3,(H,17,18)(H,19,20). The lowest BCUT2D eigenvalue weighted by Gasteiger charge is -2.06. The Kier molecular flexibility index (Phi) is 6.70. The number of carbonyl (C=O) groups excluding carboxylic acids is 1. The lowest BCUT2D eigenvalue weighted by molar-refractivity contribution is -0.116. The molecule has 0 fully saturated rings. The minimum Gasteiger partial charge on any atom is -0.478 e. The number of rotatable bonds is 8. The molecule has 0 saturated carbocycles. The van der Waals surface area contributed by atoms with Crippen LogP contribution in [-0.2, 0) is 4.79 Å². The van der Waals surface area contributed by atoms with Crippen LogP contribution in [0.2, 0.25) is 0 Å². The van der Waals surface area contributed by atoms with Crippen molar-refractivity contribution in [3.8, 4) is 0 Å². The molecule has 0 radical (unpaired) electrons. The van der Waals surface area contributed by atoms with Gasteiger partial charge in [0.2, 0.25) is 5.91 Å². The molecular weight excluding hydrogens is 261 g/mol. The average Bonchev–Trinajstić information content (AvgIpc) is 2.38. The molecule has 0 aliphatic rings. The van der Waals surface area contributed by atoms with Crippen molar-refractivity contribution >= 4 is 17.6 Å². The smallest absolute Gasteiger partial charge is 0.338 e. The van der Waals surface area contributed by atoms with Crippen LogP contribution >= 0.6 is 0 Å². The van der Waals surface area contributed by atoms with E-state index in [4.69, 9.17) is 5.11 Å². The third-order valence-electron chi connectivity index (χ3n) is 2.99. The van der Waals surface area contributed by atoms with Crippen LogP contribution in [0.15, 0.2) is 18.2 Å². The third-order valence-corrected chi connectivity index (χ3v) is 2.99. The zero-order valence-corrected chi connectivity index (χ0v) is 11.6. The average molecular weight is 281 g/mol. The van der Waals surface area contributed by atoms with E-state index in [1.54, 1.807) is 0 Å². The molecule has 1 amide bonds. The van der Waals surface area contributed by atoms with Crippen LogP contribution in [0.4, 0.5) is 10.1 Å². The Hall–Kier alpha value is -1.91. The van der Waals surface area contributed by atoms with Crippen molar-refractivity contribution in [1.29, 1.82) is 0 Å². The third kappa shape index (κ3) is 5.38. The highest BCUT2D eigenvalue weighted by Gasteiger charge is 2.11. The molecule has 4 nitrogen and oxygen atoms in total. The first-order chi connectivity index (χ1) is 9.54. The highest BCUT2D eigenvalue weighted by Crippen LogP contribution is 2.15. The number of aromatic carboxylic acids is 1. The van der Waals surface area contributed by atoms with E-state index in [1.165, 1.54) is 12.5 Å². The van der Waals surface area contributed by atoms with Crippen LogP contribution in [-0.4, -0.2) is 17.0 Å². The molecule has 0 spiro atoms. The number of nitrogens with one attached hydrogen (secondary N) is 1. The van der Waals surface area contributed by atoms with Crippen LogP contribution in [0.5, 0.6) is 0 Å². The van der Waals surface area contributed by atoms with E-state index in [2.05, 4.69) is 12.2 Å². The van der Waals surface area contributed by atoms with E-state index in [0.717, 1.165) is 37.8 Å². The van der Waals surface area contributed by atoms with Gasteiger partial charge in [-0.2, -0.15) is 0 Å². The highest BCUT2D eigenvalue weighted by molar-refractivity contribution is 5.92. The summed E-state index contributed by atoms with van der Waals surface area (Å²) in [4.78, 5) is 22.3. The van der Waals surface area contributed by atoms with Gasteiger partial charge in [-0.3, -0.25) is 4.79 Å². The van der Waals surface area contributed by atoms with Crippen molar-refractivity contribution in [3.63, 3.8) is 0 Å². The number of anilines is 1. The SMILES string of the molecule is CCCCCCCC(=O)Nc1ccc(C(=O)O)c(F)c1. The van der Waals surface area contributed by atoms with E-state index in [-0.39, 0.29) is 11.6 Å². The summed E-state index contributed by atoms with van der Waals surface area (Å²) in [6.45, 7) is 2.13. The predicted octanol–water partition coefficient (Wildman–Crippen LogP) is 3.82. The van der Waals surface area contributed by atoms with E-state index in [9.17, 15) is 14.0 Å². The Balaban J connectivity index is 2.42. The maximum atomic E-state index is 13.4. The van der Waals surface area contributed by atoms with Gasteiger partial charge in [-0.1, -0.05) is 32.6 Å². The van der Waals surface area contributed by atoms with Crippen molar-refractivity contribution in [2.45, 2.75) is 45.4 Å². The number of unbranched alkanes of at least 4 members (excludes halogenated alkanes) is 4. The fourth-order valence-corrected chi connectivity index (χ4v) is 1.88. The van der Waals surface area contributed by atoms with Crippen LogP contribution in [0, 0.1) is 5.82 Å². The number of carboxylic acids is 1. The molecule has 0 aromatic heterocycles. The molecule has 0 aliphatic heterocycles. The minimum absolute atomic E-state index is 0.177. The Morgan fingerprint density at radius 2 is 1.90 bits per heavy atom. The topological polar surface area (TPSA) is 66.4 Å². The molecule has 2 N–H and O–H groups in total. The molecule has 0 unspecified atom stereocenters. The maximum Gasteiger partial charge on any atom is 0.338 e. The van der Waals surface area contributed by atoms with Crippen molar-refractivity contribution in [1.82, 2.24) is 0 Å². The van der Waals surface area contributed by atoms with Gasteiger partial charge in [0.15, 0.2) is 0 Å². The summed E-state index contributed by atoms with van der Waals surface area (Å²) in [5, 5.41) is 11.3. The lowest BCUT2D eigenvalue weighted by atomic mass is 10.1. The van der Waals surface area contributed by atoms with Gasteiger partial charge in [0, 0.05) is 12.1 Å². The molecule has 1 aromatic rings. The van der Waals surface area contributed by atoms with Gasteiger partial charge in [-0.25, -0.2) is 9.18 Å². The lowest BCUT2D eigenvalue weighted by Crippen LogP contribution is -2.12. The van der Waals surface area contributed by atoms with Crippen LogP contribution in [0.3, 0.4) is 0 Å². The van der Waals surface area contributed by atoms with E-state index >= 15 is 0 Å². The van der Waals surface area contributed by atoms with E-state index < -0.39 is 17.3 Å². The fourth-order valence-electron chi connectivity index (χ4n) is 1.88. The molecule has 1 aromatic carbocycles. The molecule has 0 saturated heterocycles. The van der Waals surface area contributed by atoms with E-state index in [0.29, 0.717) is 6.42 Å². The van der Waals surface area contributed by atoms with Gasteiger partial charge in [0.05, 0.1) is 5.56 Å². The van der Waals surface area contributed by atoms with Crippen LogP contribution in [0.25, 0.3) is 0 Å². The maximum absolute atomic E-state index is 13.4. The number of amides is 1. The van der Waals surface area contributed by atoms with Crippen molar-refractivity contribution in [2.75, 3.05) is 5.32 Å². The quantitative estimate of drug-likeness (QED) is 0.712. The Morgan fingerprint density at radius 3 is 2.50 bits per heavy atom. The zero-order valence-electron chi connectivity index (χ0n) is 11.6. The van der Waals surface area contributed by atoms with Gasteiger partial charge in [-0.15, -0.1) is 0 Å². The van der Waals surface area contributed by atoms with Crippen LogP contribution < -0.4 is 5.32 Å². The Labute approximate surface area is 118 Å². The molecule has 0 bridgehead atoms. The summed E-state index contributed by atoms with van der Waals surface area (Å²) >= 11 is 0. The van der Waals surface area contributed by atoms with E-state index in [1.807, 2.05) is 0 Å². The molecule has 110 valence electrons. The fraction of sp³-hybridized carbons (Fsp3) is 0.467. The molecule has 1 rings (SSSR count). The summed E-state index contributed by atoms with van der Waals surface area (Å²) in [7, 11) is 0. The number of hydrogen-bond donors (Lipinski definition) is 2. The number of benzene rings is 1. The van der Waals surface area contributed by atoms with Gasteiger partial charge in [0.25, 0.3) is 0 Å². The first-order valence-corrected chi connectivity index (χ1v) is 6.87. The Bertz CT molecular complexity index is 474. The second-order valence-electron chi connectivity index (χ2n) is 4.71. The summed E-state index contributed by atoms with van der Waals surface area (Å²) < 4.78 is 13.4. The van der Waals surface area contributed by atoms with Gasteiger partial charge < -0.3 is 10.4 Å². The number of carbonyl (C=O) groups is 2. The van der Waals surface area contributed by atoms with Gasteiger partial charge >= 0.3 is 5.97 Å². The van der Waals surface area contributed by atoms with Crippen molar-refractivity contribution < 1.29 is 19.1 Å². The number of halogens is 1. The number of carboxylic acid groups (broad SMARTS) is 1. The first-order valence-electron chi connectivity index (χ1n) is 6.87. The van der Waals surface area contributed by atoms with Gasteiger partial charge in [-0.05, 0) is 24.6 Å². The normalized spacial score (nSPS) is 10.3. The second-order valence-corrected chi connectivity index (χ2v) is 4.71. The molecule has 0 aliphatic carbocycles. The largest absolute Gasteiger partial charge is 0.478 e. The molecule has 20 heavy (non-hydrogen) atoms. The first kappa shape index (κ1) is 16.1. The summed E-state index contributed by atoms with van der Waals surface area (Å²) in [6, 6.07) is 3.56. The van der Waals surface area contributed by atoms with Gasteiger partial charge in [0.1, 0.15) is 5.82 Å². The molecule has 0 atom stereocenters. The minimum atomic E-state index is -1.32. The van der Waals surface area contributed by atoms with Crippen LogP contribution in [0.1, 0.15) is 55.8 Å². The monoisotopic (exact) mass is 281 g/mol. The van der Waals surface area contributed by atoms with Crippen molar-refractivity contribution in [3.05, 3.63) is 29.6 Å². The molecule has 5 heteroatoms. The summed E-state index contributed by atoms with van der Waals surface area (Å²) in [5.74, 6) is -2.35.